The zero-order valence-corrected chi connectivity index (χ0v) is 9.45. The van der Waals surface area contributed by atoms with Gasteiger partial charge in [0.05, 0.1) is 6.04 Å². The molecule has 1 aromatic carbocycles. The molecule has 0 bridgehead atoms. The van der Waals surface area contributed by atoms with E-state index in [1.54, 1.807) is 7.05 Å². The second-order valence-electron chi connectivity index (χ2n) is 3.63. The minimum absolute atomic E-state index is 0.0118. The minimum Gasteiger partial charge on any atom is -0.358 e. The van der Waals surface area contributed by atoms with Gasteiger partial charge >= 0.3 is 0 Å². The van der Waals surface area contributed by atoms with Crippen molar-refractivity contribution in [3.05, 3.63) is 35.9 Å². The molecular formula is C12H18N2O. The van der Waals surface area contributed by atoms with E-state index in [2.05, 4.69) is 17.6 Å². The lowest BCUT2D eigenvalue weighted by molar-refractivity contribution is -0.122. The van der Waals surface area contributed by atoms with Gasteiger partial charge in [-0.3, -0.25) is 10.1 Å². The van der Waals surface area contributed by atoms with Gasteiger partial charge in [0.1, 0.15) is 0 Å². The quantitative estimate of drug-likeness (QED) is 0.783. The Morgan fingerprint density at radius 3 is 2.33 bits per heavy atom. The zero-order chi connectivity index (χ0) is 11.3. The third kappa shape index (κ3) is 3.36. The Labute approximate surface area is 90.9 Å². The van der Waals surface area contributed by atoms with E-state index in [1.807, 2.05) is 37.3 Å². The van der Waals surface area contributed by atoms with Crippen LogP contribution in [-0.4, -0.2) is 19.0 Å². The molecule has 2 atom stereocenters. The maximum absolute atomic E-state index is 11.3. The van der Waals surface area contributed by atoms with Crippen LogP contribution < -0.4 is 10.6 Å². The minimum atomic E-state index is -0.176. The van der Waals surface area contributed by atoms with Crippen molar-refractivity contribution in [2.24, 2.45) is 0 Å². The summed E-state index contributed by atoms with van der Waals surface area (Å²) in [7, 11) is 1.65. The van der Waals surface area contributed by atoms with Gasteiger partial charge in [0.25, 0.3) is 0 Å². The van der Waals surface area contributed by atoms with Crippen molar-refractivity contribution in [3.63, 3.8) is 0 Å². The average Bonchev–Trinajstić information content (AvgIpc) is 2.29. The van der Waals surface area contributed by atoms with E-state index in [1.165, 1.54) is 5.56 Å². The highest BCUT2D eigenvalue weighted by Gasteiger charge is 2.14. The smallest absolute Gasteiger partial charge is 0.236 e. The Balaban J connectivity index is 2.56. The summed E-state index contributed by atoms with van der Waals surface area (Å²) in [6.07, 6.45) is 0. The topological polar surface area (TPSA) is 41.1 Å². The first-order chi connectivity index (χ1) is 7.15. The fourth-order valence-electron chi connectivity index (χ4n) is 1.51. The predicted octanol–water partition coefficient (Wildman–Crippen LogP) is 1.47. The summed E-state index contributed by atoms with van der Waals surface area (Å²) in [5.74, 6) is 0.0118. The number of hydrogen-bond donors (Lipinski definition) is 2. The molecule has 82 valence electrons. The maximum atomic E-state index is 11.3. The van der Waals surface area contributed by atoms with Gasteiger partial charge in [-0.25, -0.2) is 0 Å². The molecule has 1 amide bonds. The van der Waals surface area contributed by atoms with Crippen molar-refractivity contribution in [2.75, 3.05) is 7.05 Å². The van der Waals surface area contributed by atoms with Crippen molar-refractivity contribution in [2.45, 2.75) is 25.9 Å². The van der Waals surface area contributed by atoms with Crippen molar-refractivity contribution in [3.8, 4) is 0 Å². The van der Waals surface area contributed by atoms with Crippen LogP contribution in [-0.2, 0) is 4.79 Å². The van der Waals surface area contributed by atoms with Crippen LogP contribution >= 0.6 is 0 Å². The van der Waals surface area contributed by atoms with E-state index in [9.17, 15) is 4.79 Å². The van der Waals surface area contributed by atoms with Crippen LogP contribution in [0.3, 0.4) is 0 Å². The molecular weight excluding hydrogens is 188 g/mol. The number of hydrogen-bond acceptors (Lipinski definition) is 2. The van der Waals surface area contributed by atoms with Crippen LogP contribution in [0.25, 0.3) is 0 Å². The molecule has 0 saturated heterocycles. The Bertz CT molecular complexity index is 311. The van der Waals surface area contributed by atoms with Crippen LogP contribution in [0.5, 0.6) is 0 Å². The number of carbonyl (C=O) groups excluding carboxylic acids is 1. The molecule has 0 aromatic heterocycles. The number of nitrogens with one attached hydrogen (secondary N) is 2. The monoisotopic (exact) mass is 206 g/mol. The highest BCUT2D eigenvalue weighted by molar-refractivity contribution is 5.80. The van der Waals surface area contributed by atoms with Gasteiger partial charge < -0.3 is 5.32 Å². The highest BCUT2D eigenvalue weighted by atomic mass is 16.2. The van der Waals surface area contributed by atoms with Gasteiger partial charge in [-0.2, -0.15) is 0 Å². The van der Waals surface area contributed by atoms with Gasteiger partial charge in [-0.15, -0.1) is 0 Å². The van der Waals surface area contributed by atoms with Gasteiger partial charge in [0.2, 0.25) is 5.91 Å². The maximum Gasteiger partial charge on any atom is 0.236 e. The van der Waals surface area contributed by atoms with E-state index in [0.717, 1.165) is 0 Å². The van der Waals surface area contributed by atoms with E-state index < -0.39 is 0 Å². The molecule has 3 nitrogen and oxygen atoms in total. The molecule has 1 rings (SSSR count). The lowest BCUT2D eigenvalue weighted by atomic mass is 10.1. The van der Waals surface area contributed by atoms with Crippen LogP contribution in [0.4, 0.5) is 0 Å². The van der Waals surface area contributed by atoms with Crippen molar-refractivity contribution in [1.29, 1.82) is 0 Å². The van der Waals surface area contributed by atoms with E-state index in [4.69, 9.17) is 0 Å². The molecule has 0 aliphatic heterocycles. The summed E-state index contributed by atoms with van der Waals surface area (Å²) in [4.78, 5) is 11.3. The van der Waals surface area contributed by atoms with Crippen molar-refractivity contribution in [1.82, 2.24) is 10.6 Å². The predicted molar refractivity (Wildman–Crippen MR) is 61.5 cm³/mol. The summed E-state index contributed by atoms with van der Waals surface area (Å²) in [6, 6.07) is 10.1. The third-order valence-electron chi connectivity index (χ3n) is 2.44. The molecule has 3 heteroatoms. The van der Waals surface area contributed by atoms with E-state index in [-0.39, 0.29) is 18.0 Å². The standard InChI is InChI=1S/C12H18N2O/c1-9(11-7-5-4-6-8-11)14-10(2)12(15)13-3/h4-10,14H,1-3H3,(H,13,15). The number of benzene rings is 1. The fourth-order valence-corrected chi connectivity index (χ4v) is 1.51. The molecule has 2 unspecified atom stereocenters. The Kier molecular flexibility index (Phi) is 4.31. The Morgan fingerprint density at radius 1 is 1.20 bits per heavy atom. The molecule has 0 saturated carbocycles. The molecule has 0 fully saturated rings. The lowest BCUT2D eigenvalue weighted by Crippen LogP contribution is -2.41. The summed E-state index contributed by atoms with van der Waals surface area (Å²) >= 11 is 0. The Hall–Kier alpha value is -1.35. The van der Waals surface area contributed by atoms with Crippen molar-refractivity contribution < 1.29 is 4.79 Å². The van der Waals surface area contributed by atoms with Crippen LogP contribution in [0.1, 0.15) is 25.5 Å². The van der Waals surface area contributed by atoms with E-state index >= 15 is 0 Å². The summed E-state index contributed by atoms with van der Waals surface area (Å²) in [5.41, 5.74) is 1.19. The van der Waals surface area contributed by atoms with Gasteiger partial charge in [0, 0.05) is 13.1 Å². The molecule has 0 radical (unpaired) electrons. The number of likely N-dealkylation sites (N-methyl/N-ethyl adjacent to an activating group) is 1. The first-order valence-corrected chi connectivity index (χ1v) is 5.17. The zero-order valence-electron chi connectivity index (χ0n) is 9.45. The van der Waals surface area contributed by atoms with Gasteiger partial charge in [-0.05, 0) is 19.4 Å². The molecule has 0 aliphatic rings. The molecule has 2 N–H and O–H groups in total. The van der Waals surface area contributed by atoms with Crippen LogP contribution in [0, 0.1) is 0 Å². The molecule has 1 aromatic rings. The fraction of sp³-hybridized carbons (Fsp3) is 0.417. The van der Waals surface area contributed by atoms with Gasteiger partial charge in [-0.1, -0.05) is 30.3 Å². The van der Waals surface area contributed by atoms with E-state index in [0.29, 0.717) is 0 Å². The largest absolute Gasteiger partial charge is 0.358 e. The Morgan fingerprint density at radius 2 is 1.80 bits per heavy atom. The van der Waals surface area contributed by atoms with Crippen LogP contribution in [0.2, 0.25) is 0 Å². The average molecular weight is 206 g/mol. The van der Waals surface area contributed by atoms with Gasteiger partial charge in [0.15, 0.2) is 0 Å². The molecule has 0 heterocycles. The molecule has 15 heavy (non-hydrogen) atoms. The number of rotatable bonds is 4. The van der Waals surface area contributed by atoms with Crippen LogP contribution in [0.15, 0.2) is 30.3 Å². The number of amides is 1. The second-order valence-corrected chi connectivity index (χ2v) is 3.63. The first-order valence-electron chi connectivity index (χ1n) is 5.17. The number of carbonyl (C=O) groups is 1. The first kappa shape index (κ1) is 11.7. The molecule has 0 spiro atoms. The third-order valence-corrected chi connectivity index (χ3v) is 2.44. The summed E-state index contributed by atoms with van der Waals surface area (Å²) in [5, 5.41) is 5.85. The highest BCUT2D eigenvalue weighted by Crippen LogP contribution is 2.11. The summed E-state index contributed by atoms with van der Waals surface area (Å²) in [6.45, 7) is 3.91. The van der Waals surface area contributed by atoms with Crippen molar-refractivity contribution >= 4 is 5.91 Å². The summed E-state index contributed by atoms with van der Waals surface area (Å²) < 4.78 is 0. The molecule has 0 aliphatic carbocycles. The SMILES string of the molecule is CNC(=O)C(C)NC(C)c1ccccc1. The normalized spacial score (nSPS) is 14.3. The second kappa shape index (κ2) is 5.51. The lowest BCUT2D eigenvalue weighted by Gasteiger charge is -2.19.